The maximum absolute atomic E-state index is 12.0. The number of ether oxygens (including phenoxy) is 1. The van der Waals surface area contributed by atoms with Crippen molar-refractivity contribution >= 4 is 11.9 Å². The Labute approximate surface area is 114 Å². The van der Waals surface area contributed by atoms with Gasteiger partial charge in [-0.2, -0.15) is 0 Å². The molecule has 19 heavy (non-hydrogen) atoms. The second-order valence-electron chi connectivity index (χ2n) is 4.93. The van der Waals surface area contributed by atoms with Crippen LogP contribution in [0.25, 0.3) is 0 Å². The minimum atomic E-state index is -0.847. The fraction of sp³-hybridized carbons (Fsp3) is 0.846. The predicted octanol–water partition coefficient (Wildman–Crippen LogP) is 0.276. The van der Waals surface area contributed by atoms with Crippen LogP contribution >= 0.6 is 0 Å². The lowest BCUT2D eigenvalue weighted by molar-refractivity contribution is -0.144. The third-order valence-electron chi connectivity index (χ3n) is 3.59. The Bertz CT molecular complexity index is 322. The van der Waals surface area contributed by atoms with Crippen molar-refractivity contribution in [2.75, 3.05) is 39.9 Å². The van der Waals surface area contributed by atoms with E-state index in [4.69, 9.17) is 4.74 Å². The molecule has 0 aliphatic carbocycles. The summed E-state index contributed by atoms with van der Waals surface area (Å²) in [5.41, 5.74) is 0. The van der Waals surface area contributed by atoms with E-state index in [2.05, 4.69) is 0 Å². The molecule has 0 saturated carbocycles. The first-order chi connectivity index (χ1) is 9.01. The Morgan fingerprint density at radius 1 is 1.32 bits per heavy atom. The van der Waals surface area contributed by atoms with E-state index in [-0.39, 0.29) is 25.1 Å². The molecule has 1 amide bonds. The van der Waals surface area contributed by atoms with Crippen LogP contribution in [0, 0.1) is 5.92 Å². The van der Waals surface area contributed by atoms with Crippen LogP contribution < -0.4 is 0 Å². The van der Waals surface area contributed by atoms with E-state index in [1.54, 1.807) is 11.9 Å². The molecule has 0 radical (unpaired) electrons. The zero-order valence-corrected chi connectivity index (χ0v) is 12.0. The second kappa shape index (κ2) is 7.45. The van der Waals surface area contributed by atoms with Crippen LogP contribution in [0.1, 0.15) is 20.3 Å². The Kier molecular flexibility index (Phi) is 6.24. The fourth-order valence-corrected chi connectivity index (χ4v) is 2.26. The molecule has 110 valence electrons. The number of likely N-dealkylation sites (N-methyl/N-ethyl adjacent to an activating group) is 1. The first-order valence-corrected chi connectivity index (χ1v) is 6.79. The predicted molar refractivity (Wildman–Crippen MR) is 70.9 cm³/mol. The number of carboxylic acid groups (broad SMARTS) is 1. The number of rotatable bonds is 7. The Morgan fingerprint density at radius 2 is 2.00 bits per heavy atom. The number of hydrogen-bond donors (Lipinski definition) is 1. The van der Waals surface area contributed by atoms with Gasteiger partial charge in [0.2, 0.25) is 5.91 Å². The summed E-state index contributed by atoms with van der Waals surface area (Å²) in [5.74, 6) is -1.36. The molecule has 0 aromatic carbocycles. The summed E-state index contributed by atoms with van der Waals surface area (Å²) < 4.78 is 5.28. The van der Waals surface area contributed by atoms with Crippen LogP contribution in [0.4, 0.5) is 0 Å². The maximum Gasteiger partial charge on any atom is 0.310 e. The molecule has 1 rings (SSSR count). The molecule has 1 saturated heterocycles. The molecule has 0 bridgehead atoms. The number of carboxylic acids is 1. The number of hydrogen-bond acceptors (Lipinski definition) is 4. The second-order valence-corrected chi connectivity index (χ2v) is 4.93. The third-order valence-corrected chi connectivity index (χ3v) is 3.59. The van der Waals surface area contributed by atoms with Crippen molar-refractivity contribution in [3.8, 4) is 0 Å². The number of carbonyl (C=O) groups excluding carboxylic acids is 1. The summed E-state index contributed by atoms with van der Waals surface area (Å²) in [6.45, 7) is 6.19. The highest BCUT2D eigenvalue weighted by Crippen LogP contribution is 2.20. The maximum atomic E-state index is 12.0. The van der Waals surface area contributed by atoms with Crippen molar-refractivity contribution in [1.82, 2.24) is 9.80 Å². The van der Waals surface area contributed by atoms with Gasteiger partial charge in [0.15, 0.2) is 0 Å². The summed E-state index contributed by atoms with van der Waals surface area (Å²) >= 11 is 0. The van der Waals surface area contributed by atoms with E-state index < -0.39 is 11.9 Å². The van der Waals surface area contributed by atoms with Crippen LogP contribution in [0.15, 0.2) is 0 Å². The average Bonchev–Trinajstić information content (AvgIpc) is 2.86. The van der Waals surface area contributed by atoms with E-state index in [1.165, 1.54) is 0 Å². The van der Waals surface area contributed by atoms with Gasteiger partial charge in [0.05, 0.1) is 25.7 Å². The average molecular weight is 272 g/mol. The van der Waals surface area contributed by atoms with E-state index in [9.17, 15) is 14.7 Å². The summed E-state index contributed by atoms with van der Waals surface area (Å²) in [7, 11) is 1.76. The SMILES string of the molecule is CCCN(CC(=O)N(C)CC)C1COCC1C(=O)O. The van der Waals surface area contributed by atoms with Crippen molar-refractivity contribution in [1.29, 1.82) is 0 Å². The van der Waals surface area contributed by atoms with Gasteiger partial charge < -0.3 is 14.7 Å². The van der Waals surface area contributed by atoms with Gasteiger partial charge in [0.1, 0.15) is 0 Å². The van der Waals surface area contributed by atoms with Gasteiger partial charge >= 0.3 is 5.97 Å². The van der Waals surface area contributed by atoms with Crippen molar-refractivity contribution in [2.45, 2.75) is 26.3 Å². The molecule has 2 unspecified atom stereocenters. The molecule has 1 fully saturated rings. The molecule has 0 aromatic heterocycles. The Balaban J connectivity index is 2.71. The fourth-order valence-electron chi connectivity index (χ4n) is 2.26. The molecular formula is C13H24N2O4. The molecule has 2 atom stereocenters. The lowest BCUT2D eigenvalue weighted by atomic mass is 10.0. The molecular weight excluding hydrogens is 248 g/mol. The topological polar surface area (TPSA) is 70.1 Å². The van der Waals surface area contributed by atoms with Crippen LogP contribution in [-0.2, 0) is 14.3 Å². The van der Waals surface area contributed by atoms with Gasteiger partial charge in [0, 0.05) is 19.6 Å². The van der Waals surface area contributed by atoms with Crippen molar-refractivity contribution in [2.24, 2.45) is 5.92 Å². The van der Waals surface area contributed by atoms with E-state index in [0.717, 1.165) is 6.42 Å². The molecule has 1 aliphatic heterocycles. The van der Waals surface area contributed by atoms with Crippen LogP contribution in [0.5, 0.6) is 0 Å². The highest BCUT2D eigenvalue weighted by Gasteiger charge is 2.38. The van der Waals surface area contributed by atoms with Gasteiger partial charge in [0.25, 0.3) is 0 Å². The largest absolute Gasteiger partial charge is 0.481 e. The summed E-state index contributed by atoms with van der Waals surface area (Å²) in [4.78, 5) is 26.8. The standard InChI is InChI=1S/C13H24N2O4/c1-4-6-15(7-12(16)14(3)5-2)11-9-19-8-10(11)13(17)18/h10-11H,4-9H2,1-3H3,(H,17,18). The summed E-state index contributed by atoms with van der Waals surface area (Å²) in [6.07, 6.45) is 0.881. The van der Waals surface area contributed by atoms with Crippen molar-refractivity contribution < 1.29 is 19.4 Å². The summed E-state index contributed by atoms with van der Waals surface area (Å²) in [5, 5.41) is 9.19. The van der Waals surface area contributed by atoms with Crippen molar-refractivity contribution in [3.63, 3.8) is 0 Å². The lowest BCUT2D eigenvalue weighted by Gasteiger charge is -2.30. The van der Waals surface area contributed by atoms with Gasteiger partial charge in [-0.1, -0.05) is 6.92 Å². The molecule has 1 N–H and O–H groups in total. The number of nitrogens with zero attached hydrogens (tertiary/aromatic N) is 2. The van der Waals surface area contributed by atoms with Gasteiger partial charge in [-0.25, -0.2) is 0 Å². The molecule has 0 aromatic rings. The minimum Gasteiger partial charge on any atom is -0.481 e. The Hall–Kier alpha value is -1.14. The molecule has 0 spiro atoms. The van der Waals surface area contributed by atoms with Crippen LogP contribution in [0.3, 0.4) is 0 Å². The van der Waals surface area contributed by atoms with Crippen LogP contribution in [-0.4, -0.2) is 72.7 Å². The summed E-state index contributed by atoms with van der Waals surface area (Å²) in [6, 6.07) is -0.202. The smallest absolute Gasteiger partial charge is 0.310 e. The monoisotopic (exact) mass is 272 g/mol. The number of amides is 1. The highest BCUT2D eigenvalue weighted by molar-refractivity contribution is 5.78. The van der Waals surface area contributed by atoms with Gasteiger partial charge in [-0.15, -0.1) is 0 Å². The van der Waals surface area contributed by atoms with E-state index >= 15 is 0 Å². The van der Waals surface area contributed by atoms with Crippen molar-refractivity contribution in [3.05, 3.63) is 0 Å². The van der Waals surface area contributed by atoms with Gasteiger partial charge in [-0.05, 0) is 19.9 Å². The lowest BCUT2D eigenvalue weighted by Crippen LogP contribution is -2.48. The first-order valence-electron chi connectivity index (χ1n) is 6.79. The Morgan fingerprint density at radius 3 is 2.53 bits per heavy atom. The zero-order valence-electron chi connectivity index (χ0n) is 12.0. The normalized spacial score (nSPS) is 22.7. The molecule has 1 heterocycles. The third kappa shape index (κ3) is 4.18. The highest BCUT2D eigenvalue weighted by atomic mass is 16.5. The van der Waals surface area contributed by atoms with Gasteiger partial charge in [-0.3, -0.25) is 14.5 Å². The zero-order chi connectivity index (χ0) is 14.4. The van der Waals surface area contributed by atoms with E-state index in [0.29, 0.717) is 19.7 Å². The number of carbonyl (C=O) groups is 2. The first kappa shape index (κ1) is 15.9. The minimum absolute atomic E-state index is 0.0204. The van der Waals surface area contributed by atoms with E-state index in [1.807, 2.05) is 18.7 Å². The van der Waals surface area contributed by atoms with Crippen LogP contribution in [0.2, 0.25) is 0 Å². The number of aliphatic carboxylic acids is 1. The molecule has 1 aliphatic rings. The molecule has 6 heteroatoms. The quantitative estimate of drug-likeness (QED) is 0.720. The molecule has 6 nitrogen and oxygen atoms in total.